The van der Waals surface area contributed by atoms with Gasteiger partial charge in [-0.2, -0.15) is 0 Å². The first-order valence-electron chi connectivity index (χ1n) is 10.7. The highest BCUT2D eigenvalue weighted by Crippen LogP contribution is 2.29. The van der Waals surface area contributed by atoms with Gasteiger partial charge in [0.05, 0.1) is 16.3 Å². The number of anilines is 3. The first kappa shape index (κ1) is 23.0. The number of rotatable bonds is 6. The standard InChI is InChI=1S/C25H24Cl2N4O2/c26-18-8-10-22(21(27)14-18)30-25(33)29-19-9-11-23(31-12-4-5-13-31)20(15-19)24(32)28-16-17-6-2-1-3-7-17/h1-3,6-11,14-15H,4-5,12-13,16H2,(H,28,32)(H2,29,30,33). The highest BCUT2D eigenvalue weighted by molar-refractivity contribution is 6.36. The van der Waals surface area contributed by atoms with E-state index in [1.165, 1.54) is 0 Å². The van der Waals surface area contributed by atoms with E-state index in [9.17, 15) is 9.59 Å². The molecule has 0 radical (unpaired) electrons. The van der Waals surface area contributed by atoms with Crippen LogP contribution in [0.2, 0.25) is 10.0 Å². The smallest absolute Gasteiger partial charge is 0.323 e. The average molecular weight is 483 g/mol. The van der Waals surface area contributed by atoms with E-state index in [0.717, 1.165) is 37.2 Å². The Morgan fingerprint density at radius 2 is 1.64 bits per heavy atom. The van der Waals surface area contributed by atoms with Gasteiger partial charge in [-0.3, -0.25) is 4.79 Å². The third-order valence-electron chi connectivity index (χ3n) is 5.42. The number of benzene rings is 3. The van der Waals surface area contributed by atoms with Crippen LogP contribution >= 0.6 is 23.2 Å². The SMILES string of the molecule is O=C(Nc1ccc(N2CCCC2)c(C(=O)NCc2ccccc2)c1)Nc1ccc(Cl)cc1Cl. The Bertz CT molecular complexity index is 1150. The Hall–Kier alpha value is -3.22. The second kappa shape index (κ2) is 10.6. The molecule has 8 heteroatoms. The molecular weight excluding hydrogens is 459 g/mol. The van der Waals surface area contributed by atoms with Crippen molar-refractivity contribution >= 4 is 52.2 Å². The van der Waals surface area contributed by atoms with Gasteiger partial charge in [-0.25, -0.2) is 4.79 Å². The first-order chi connectivity index (χ1) is 16.0. The maximum Gasteiger partial charge on any atom is 0.323 e. The summed E-state index contributed by atoms with van der Waals surface area (Å²) in [5.41, 5.74) is 3.35. The largest absolute Gasteiger partial charge is 0.371 e. The second-order valence-electron chi connectivity index (χ2n) is 7.80. The molecule has 0 bridgehead atoms. The van der Waals surface area contributed by atoms with Crippen molar-refractivity contribution < 1.29 is 9.59 Å². The van der Waals surface area contributed by atoms with E-state index < -0.39 is 6.03 Å². The van der Waals surface area contributed by atoms with E-state index in [0.29, 0.717) is 33.5 Å². The van der Waals surface area contributed by atoms with Gasteiger partial charge in [-0.15, -0.1) is 0 Å². The molecule has 3 amide bonds. The molecule has 33 heavy (non-hydrogen) atoms. The molecule has 3 aromatic rings. The summed E-state index contributed by atoms with van der Waals surface area (Å²) in [6.45, 7) is 2.23. The predicted octanol–water partition coefficient (Wildman–Crippen LogP) is 6.17. The van der Waals surface area contributed by atoms with Gasteiger partial charge in [0, 0.05) is 36.0 Å². The molecule has 1 aliphatic rings. The molecule has 1 fully saturated rings. The fourth-order valence-electron chi connectivity index (χ4n) is 3.78. The maximum absolute atomic E-state index is 13.1. The molecule has 0 aliphatic carbocycles. The van der Waals surface area contributed by atoms with Crippen molar-refractivity contribution in [3.05, 3.63) is 87.9 Å². The van der Waals surface area contributed by atoms with Crippen molar-refractivity contribution in [3.8, 4) is 0 Å². The monoisotopic (exact) mass is 482 g/mol. The van der Waals surface area contributed by atoms with Crippen LogP contribution in [0, 0.1) is 0 Å². The second-order valence-corrected chi connectivity index (χ2v) is 8.64. The lowest BCUT2D eigenvalue weighted by Gasteiger charge is -2.22. The van der Waals surface area contributed by atoms with Gasteiger partial charge in [0.15, 0.2) is 0 Å². The highest BCUT2D eigenvalue weighted by Gasteiger charge is 2.20. The van der Waals surface area contributed by atoms with E-state index in [2.05, 4.69) is 20.9 Å². The van der Waals surface area contributed by atoms with Crippen LogP contribution in [-0.2, 0) is 6.54 Å². The summed E-state index contributed by atoms with van der Waals surface area (Å²) in [5, 5.41) is 9.28. The number of carbonyl (C=O) groups is 2. The molecule has 0 unspecified atom stereocenters. The average Bonchev–Trinajstić information content (AvgIpc) is 3.35. The summed E-state index contributed by atoms with van der Waals surface area (Å²) in [5.74, 6) is -0.189. The quantitative estimate of drug-likeness (QED) is 0.393. The number of hydrogen-bond donors (Lipinski definition) is 3. The summed E-state index contributed by atoms with van der Waals surface area (Å²) < 4.78 is 0. The molecule has 0 atom stereocenters. The van der Waals surface area contributed by atoms with Crippen LogP contribution in [0.3, 0.4) is 0 Å². The minimum Gasteiger partial charge on any atom is -0.371 e. The van der Waals surface area contributed by atoms with Gasteiger partial charge in [-0.1, -0.05) is 53.5 Å². The third kappa shape index (κ3) is 5.97. The summed E-state index contributed by atoms with van der Waals surface area (Å²) in [6, 6.07) is 19.5. The molecule has 3 N–H and O–H groups in total. The van der Waals surface area contributed by atoms with Crippen LogP contribution in [0.5, 0.6) is 0 Å². The van der Waals surface area contributed by atoms with Gasteiger partial charge in [-0.05, 0) is 54.8 Å². The summed E-state index contributed by atoms with van der Waals surface area (Å²) >= 11 is 12.0. The van der Waals surface area contributed by atoms with E-state index in [4.69, 9.17) is 23.2 Å². The topological polar surface area (TPSA) is 73.5 Å². The van der Waals surface area contributed by atoms with Gasteiger partial charge in [0.1, 0.15) is 0 Å². The number of carbonyl (C=O) groups excluding carboxylic acids is 2. The fourth-order valence-corrected chi connectivity index (χ4v) is 4.23. The minimum atomic E-state index is -0.469. The van der Waals surface area contributed by atoms with Crippen LogP contribution in [0.15, 0.2) is 66.7 Å². The lowest BCUT2D eigenvalue weighted by molar-refractivity contribution is 0.0951. The molecule has 4 rings (SSSR count). The van der Waals surface area contributed by atoms with E-state index >= 15 is 0 Å². The lowest BCUT2D eigenvalue weighted by atomic mass is 10.1. The van der Waals surface area contributed by atoms with E-state index in [1.54, 1.807) is 30.3 Å². The number of nitrogens with zero attached hydrogens (tertiary/aromatic N) is 1. The van der Waals surface area contributed by atoms with Crippen molar-refractivity contribution in [1.82, 2.24) is 5.32 Å². The molecule has 0 aromatic heterocycles. The molecule has 0 spiro atoms. The predicted molar refractivity (Wildman–Crippen MR) is 135 cm³/mol. The minimum absolute atomic E-state index is 0.189. The fraction of sp³-hybridized carbons (Fsp3) is 0.200. The van der Waals surface area contributed by atoms with Crippen molar-refractivity contribution in [3.63, 3.8) is 0 Å². The third-order valence-corrected chi connectivity index (χ3v) is 5.97. The Morgan fingerprint density at radius 1 is 0.879 bits per heavy atom. The Morgan fingerprint density at radius 3 is 2.36 bits per heavy atom. The summed E-state index contributed by atoms with van der Waals surface area (Å²) in [7, 11) is 0. The van der Waals surface area contributed by atoms with Crippen LogP contribution in [-0.4, -0.2) is 25.0 Å². The zero-order valence-electron chi connectivity index (χ0n) is 17.9. The van der Waals surface area contributed by atoms with E-state index in [1.807, 2.05) is 36.4 Å². The zero-order chi connectivity index (χ0) is 23.2. The van der Waals surface area contributed by atoms with Crippen molar-refractivity contribution in [2.75, 3.05) is 28.6 Å². The maximum atomic E-state index is 13.1. The van der Waals surface area contributed by atoms with Gasteiger partial charge in [0.25, 0.3) is 5.91 Å². The summed E-state index contributed by atoms with van der Waals surface area (Å²) in [6.07, 6.45) is 2.19. The van der Waals surface area contributed by atoms with Gasteiger partial charge < -0.3 is 20.9 Å². The summed E-state index contributed by atoms with van der Waals surface area (Å²) in [4.78, 5) is 27.8. The molecule has 6 nitrogen and oxygen atoms in total. The number of halogens is 2. The normalized spacial score (nSPS) is 13.0. The molecule has 170 valence electrons. The molecular formula is C25H24Cl2N4O2. The van der Waals surface area contributed by atoms with Gasteiger partial charge in [0.2, 0.25) is 0 Å². The van der Waals surface area contributed by atoms with Crippen molar-refractivity contribution in [2.24, 2.45) is 0 Å². The molecule has 1 aliphatic heterocycles. The molecule has 3 aromatic carbocycles. The molecule has 1 saturated heterocycles. The zero-order valence-corrected chi connectivity index (χ0v) is 19.4. The number of hydrogen-bond acceptors (Lipinski definition) is 3. The highest BCUT2D eigenvalue weighted by atomic mass is 35.5. The van der Waals surface area contributed by atoms with Crippen LogP contribution in [0.4, 0.5) is 21.9 Å². The molecule has 0 saturated carbocycles. The first-order valence-corrected chi connectivity index (χ1v) is 11.5. The number of nitrogens with one attached hydrogen (secondary N) is 3. The molecule has 1 heterocycles. The van der Waals surface area contributed by atoms with Crippen LogP contribution < -0.4 is 20.9 Å². The van der Waals surface area contributed by atoms with Crippen LogP contribution in [0.1, 0.15) is 28.8 Å². The number of urea groups is 1. The van der Waals surface area contributed by atoms with Crippen molar-refractivity contribution in [1.29, 1.82) is 0 Å². The van der Waals surface area contributed by atoms with Crippen molar-refractivity contribution in [2.45, 2.75) is 19.4 Å². The van der Waals surface area contributed by atoms with Gasteiger partial charge >= 0.3 is 6.03 Å². The van der Waals surface area contributed by atoms with E-state index in [-0.39, 0.29) is 5.91 Å². The Labute approximate surface area is 202 Å². The number of amides is 3. The van der Waals surface area contributed by atoms with Crippen LogP contribution in [0.25, 0.3) is 0 Å². The Balaban J connectivity index is 1.51. The Kier molecular flexibility index (Phi) is 7.37. The lowest BCUT2D eigenvalue weighted by Crippen LogP contribution is -2.27.